The number of hydrogen-bond donors (Lipinski definition) is 0. The lowest BCUT2D eigenvalue weighted by atomic mass is 10.0. The summed E-state index contributed by atoms with van der Waals surface area (Å²) in [7, 11) is 0. The molecule has 1 nitrogen and oxygen atoms in total. The first kappa shape index (κ1) is 6.09. The highest BCUT2D eigenvalue weighted by atomic mass is 35.5. The lowest BCUT2D eigenvalue weighted by Gasteiger charge is -2.12. The number of hydrogen-bond acceptors (Lipinski definition) is 1. The highest BCUT2D eigenvalue weighted by Gasteiger charge is 2.07. The maximum atomic E-state index is 5.61. The fraction of sp³-hybridized carbons (Fsp3) is 0.833. The Balaban J connectivity index is 2.27. The molecule has 1 unspecified atom stereocenters. The van der Waals surface area contributed by atoms with Gasteiger partial charge in [-0.2, -0.15) is 0 Å². The van der Waals surface area contributed by atoms with Crippen molar-refractivity contribution in [2.24, 2.45) is 10.9 Å². The van der Waals surface area contributed by atoms with Gasteiger partial charge in [0, 0.05) is 12.4 Å². The minimum Gasteiger partial charge on any atom is -0.297 e. The van der Waals surface area contributed by atoms with Crippen LogP contribution in [0.2, 0.25) is 0 Å². The summed E-state index contributed by atoms with van der Waals surface area (Å²) in [5.41, 5.74) is 0. The first-order chi connectivity index (χ1) is 3.93. The van der Waals surface area contributed by atoms with Gasteiger partial charge in [0.05, 0.1) is 0 Å². The van der Waals surface area contributed by atoms with E-state index in [0.29, 0.717) is 5.92 Å². The molecule has 0 saturated heterocycles. The molecule has 0 aliphatic carbocycles. The smallest absolute Gasteiger partial charge is 0.0425 e. The van der Waals surface area contributed by atoms with Crippen LogP contribution in [0.25, 0.3) is 0 Å². The Kier molecular flexibility index (Phi) is 2.34. The second-order valence-corrected chi connectivity index (χ2v) is 2.45. The van der Waals surface area contributed by atoms with E-state index in [2.05, 4.69) is 4.99 Å². The van der Waals surface area contributed by atoms with Gasteiger partial charge in [0.25, 0.3) is 0 Å². The Morgan fingerprint density at radius 3 is 3.00 bits per heavy atom. The molecular weight excluding hydrogens is 122 g/mol. The Morgan fingerprint density at radius 2 is 2.62 bits per heavy atom. The predicted molar refractivity (Wildman–Crippen MR) is 36.8 cm³/mol. The Morgan fingerprint density at radius 1 is 1.75 bits per heavy atom. The normalized spacial score (nSPS) is 28.4. The fourth-order valence-corrected chi connectivity index (χ4v) is 1.09. The third kappa shape index (κ3) is 1.48. The van der Waals surface area contributed by atoms with E-state index < -0.39 is 0 Å². The molecule has 8 heavy (non-hydrogen) atoms. The van der Waals surface area contributed by atoms with Crippen LogP contribution < -0.4 is 0 Å². The predicted octanol–water partition coefficient (Wildman–Crippen LogP) is 1.71. The Bertz CT molecular complexity index is 90.5. The number of alkyl halides is 1. The maximum absolute atomic E-state index is 5.61. The van der Waals surface area contributed by atoms with Crippen molar-refractivity contribution in [2.45, 2.75) is 12.8 Å². The molecule has 0 aromatic heterocycles. The van der Waals surface area contributed by atoms with Crippen LogP contribution in [0, 0.1) is 5.92 Å². The zero-order valence-corrected chi connectivity index (χ0v) is 5.56. The zero-order chi connectivity index (χ0) is 5.82. The second-order valence-electron chi connectivity index (χ2n) is 2.15. The van der Waals surface area contributed by atoms with Crippen LogP contribution in [0.3, 0.4) is 0 Å². The van der Waals surface area contributed by atoms with Gasteiger partial charge in [-0.15, -0.1) is 11.6 Å². The molecule has 0 N–H and O–H groups in total. The summed E-state index contributed by atoms with van der Waals surface area (Å²) < 4.78 is 0. The van der Waals surface area contributed by atoms with E-state index in [-0.39, 0.29) is 0 Å². The molecule has 1 heterocycles. The molecule has 2 heteroatoms. The van der Waals surface area contributed by atoms with Crippen molar-refractivity contribution in [2.75, 3.05) is 12.4 Å². The molecule has 1 atom stereocenters. The molecule has 0 aromatic rings. The molecule has 0 radical (unpaired) electrons. The van der Waals surface area contributed by atoms with E-state index in [9.17, 15) is 0 Å². The van der Waals surface area contributed by atoms with Crippen molar-refractivity contribution in [3.05, 3.63) is 0 Å². The number of halogens is 1. The molecular formula is C6H10ClN. The lowest BCUT2D eigenvalue weighted by Crippen LogP contribution is -2.10. The van der Waals surface area contributed by atoms with Crippen LogP contribution >= 0.6 is 11.6 Å². The van der Waals surface area contributed by atoms with Crippen molar-refractivity contribution in [3.8, 4) is 0 Å². The summed E-state index contributed by atoms with van der Waals surface area (Å²) in [6.45, 7) is 0.948. The molecule has 1 aliphatic rings. The van der Waals surface area contributed by atoms with Crippen molar-refractivity contribution >= 4 is 17.8 Å². The van der Waals surface area contributed by atoms with Gasteiger partial charge in [0.15, 0.2) is 0 Å². The maximum Gasteiger partial charge on any atom is 0.0425 e. The van der Waals surface area contributed by atoms with Crippen LogP contribution in [0.15, 0.2) is 4.99 Å². The molecule has 0 bridgehead atoms. The third-order valence-corrected chi connectivity index (χ3v) is 1.85. The quantitative estimate of drug-likeness (QED) is 0.481. The van der Waals surface area contributed by atoms with Crippen LogP contribution in [-0.2, 0) is 0 Å². The molecule has 0 amide bonds. The van der Waals surface area contributed by atoms with Crippen LogP contribution in [0.1, 0.15) is 12.8 Å². The van der Waals surface area contributed by atoms with Crippen molar-refractivity contribution in [1.82, 2.24) is 0 Å². The molecule has 0 spiro atoms. The van der Waals surface area contributed by atoms with Crippen LogP contribution in [0.5, 0.6) is 0 Å². The highest BCUT2D eigenvalue weighted by molar-refractivity contribution is 6.18. The number of nitrogens with zero attached hydrogens (tertiary/aromatic N) is 1. The van der Waals surface area contributed by atoms with Crippen LogP contribution in [-0.4, -0.2) is 18.6 Å². The Labute approximate surface area is 54.8 Å². The molecule has 1 aliphatic heterocycles. The van der Waals surface area contributed by atoms with E-state index in [0.717, 1.165) is 18.8 Å². The monoisotopic (exact) mass is 131 g/mol. The first-order valence-corrected chi connectivity index (χ1v) is 3.51. The molecule has 0 saturated carbocycles. The topological polar surface area (TPSA) is 12.4 Å². The first-order valence-electron chi connectivity index (χ1n) is 2.97. The van der Waals surface area contributed by atoms with E-state index in [4.69, 9.17) is 11.6 Å². The van der Waals surface area contributed by atoms with Gasteiger partial charge < -0.3 is 0 Å². The minimum absolute atomic E-state index is 0.654. The lowest BCUT2D eigenvalue weighted by molar-refractivity contribution is 0.549. The van der Waals surface area contributed by atoms with Gasteiger partial charge in [-0.05, 0) is 25.0 Å². The van der Waals surface area contributed by atoms with Gasteiger partial charge in [-0.3, -0.25) is 4.99 Å². The Hall–Kier alpha value is -0.0400. The summed E-state index contributed by atoms with van der Waals surface area (Å²) in [4.78, 5) is 4.12. The number of rotatable bonds is 1. The summed E-state index contributed by atoms with van der Waals surface area (Å²) in [5.74, 6) is 1.43. The zero-order valence-electron chi connectivity index (χ0n) is 4.81. The average Bonchev–Trinajstić information content (AvgIpc) is 1.90. The standard InChI is InChI=1S/C6H10ClN/c7-4-6-2-1-3-8-5-6/h3,6H,1-2,4-5H2. The van der Waals surface area contributed by atoms with E-state index in [1.165, 1.54) is 6.42 Å². The molecule has 1 rings (SSSR count). The molecule has 0 aromatic carbocycles. The summed E-state index contributed by atoms with van der Waals surface area (Å²) >= 11 is 5.61. The van der Waals surface area contributed by atoms with E-state index in [1.54, 1.807) is 0 Å². The highest BCUT2D eigenvalue weighted by Crippen LogP contribution is 2.11. The van der Waals surface area contributed by atoms with E-state index >= 15 is 0 Å². The van der Waals surface area contributed by atoms with Crippen LogP contribution in [0.4, 0.5) is 0 Å². The summed E-state index contributed by atoms with van der Waals surface area (Å²) in [6, 6.07) is 0. The van der Waals surface area contributed by atoms with E-state index in [1.807, 2.05) is 6.21 Å². The molecule has 0 fully saturated rings. The van der Waals surface area contributed by atoms with Gasteiger partial charge in [-0.25, -0.2) is 0 Å². The summed E-state index contributed by atoms with van der Waals surface area (Å²) in [6.07, 6.45) is 4.34. The average molecular weight is 132 g/mol. The second kappa shape index (κ2) is 3.08. The van der Waals surface area contributed by atoms with Gasteiger partial charge in [-0.1, -0.05) is 0 Å². The van der Waals surface area contributed by atoms with Crippen molar-refractivity contribution in [3.63, 3.8) is 0 Å². The van der Waals surface area contributed by atoms with Crippen molar-refractivity contribution < 1.29 is 0 Å². The largest absolute Gasteiger partial charge is 0.297 e. The third-order valence-electron chi connectivity index (χ3n) is 1.41. The SMILES string of the molecule is ClCC1CCC=NC1. The van der Waals surface area contributed by atoms with Gasteiger partial charge in [0.1, 0.15) is 0 Å². The summed E-state index contributed by atoms with van der Waals surface area (Å²) in [5, 5.41) is 0. The number of aliphatic imine (C=N–C) groups is 1. The van der Waals surface area contributed by atoms with Gasteiger partial charge in [0.2, 0.25) is 0 Å². The van der Waals surface area contributed by atoms with Crippen molar-refractivity contribution in [1.29, 1.82) is 0 Å². The molecule has 46 valence electrons. The van der Waals surface area contributed by atoms with Gasteiger partial charge >= 0.3 is 0 Å². The minimum atomic E-state index is 0.654. The fourth-order valence-electron chi connectivity index (χ4n) is 0.842.